The van der Waals surface area contributed by atoms with Crippen molar-refractivity contribution < 1.29 is 9.53 Å². The first kappa shape index (κ1) is 18.9. The van der Waals surface area contributed by atoms with Crippen LogP contribution in [0, 0.1) is 0 Å². The van der Waals surface area contributed by atoms with Gasteiger partial charge in [-0.05, 0) is 64.5 Å². The maximum atomic E-state index is 12.3. The van der Waals surface area contributed by atoms with Gasteiger partial charge in [-0.3, -0.25) is 4.79 Å². The number of thioether (sulfide) groups is 1. The Morgan fingerprint density at radius 1 is 1.21 bits per heavy atom. The van der Waals surface area contributed by atoms with Crippen molar-refractivity contribution in [2.75, 3.05) is 12.9 Å². The van der Waals surface area contributed by atoms with Gasteiger partial charge in [0, 0.05) is 17.0 Å². The van der Waals surface area contributed by atoms with E-state index in [1.165, 1.54) is 4.90 Å². The molecule has 0 heterocycles. The van der Waals surface area contributed by atoms with E-state index < -0.39 is 0 Å². The lowest BCUT2D eigenvalue weighted by Crippen LogP contribution is -2.22. The monoisotopic (exact) mass is 407 g/mol. The fourth-order valence-electron chi connectivity index (χ4n) is 2.11. The Labute approximate surface area is 156 Å². The highest BCUT2D eigenvalue weighted by Crippen LogP contribution is 2.26. The Morgan fingerprint density at radius 2 is 1.96 bits per heavy atom. The van der Waals surface area contributed by atoms with E-state index in [1.807, 2.05) is 24.5 Å². The summed E-state index contributed by atoms with van der Waals surface area (Å²) in [6, 6.07) is 13.6. The minimum Gasteiger partial charge on any atom is -0.492 e. The van der Waals surface area contributed by atoms with Crippen molar-refractivity contribution in [2.45, 2.75) is 31.2 Å². The van der Waals surface area contributed by atoms with Gasteiger partial charge in [0.05, 0.1) is 11.1 Å². The van der Waals surface area contributed by atoms with E-state index in [0.29, 0.717) is 18.7 Å². The van der Waals surface area contributed by atoms with Crippen molar-refractivity contribution in [3.8, 4) is 5.75 Å². The molecule has 0 aliphatic heterocycles. The first-order valence-corrected chi connectivity index (χ1v) is 9.99. The molecule has 0 saturated carbocycles. The summed E-state index contributed by atoms with van der Waals surface area (Å²) in [5, 5.41) is 2.94. The second kappa shape index (κ2) is 9.74. The molecule has 1 N–H and O–H groups in total. The molecule has 128 valence electrons. The second-order valence-electron chi connectivity index (χ2n) is 5.38. The van der Waals surface area contributed by atoms with Gasteiger partial charge in [-0.25, -0.2) is 0 Å². The molecule has 3 nitrogen and oxygen atoms in total. The molecular weight excluding hydrogens is 386 g/mol. The molecule has 0 aliphatic rings. The third-order valence-corrected chi connectivity index (χ3v) is 4.92. The third kappa shape index (κ3) is 5.56. The summed E-state index contributed by atoms with van der Waals surface area (Å²) in [4.78, 5) is 13.5. The highest BCUT2D eigenvalue weighted by molar-refractivity contribution is 9.10. The van der Waals surface area contributed by atoms with Gasteiger partial charge >= 0.3 is 0 Å². The van der Waals surface area contributed by atoms with Crippen LogP contribution in [-0.2, 0) is 6.54 Å². The van der Waals surface area contributed by atoms with E-state index in [-0.39, 0.29) is 5.91 Å². The van der Waals surface area contributed by atoms with Gasteiger partial charge in [-0.2, -0.15) is 0 Å². The van der Waals surface area contributed by atoms with Gasteiger partial charge in [-0.15, -0.1) is 11.8 Å². The quantitative estimate of drug-likeness (QED) is 0.477. The van der Waals surface area contributed by atoms with Crippen molar-refractivity contribution in [3.63, 3.8) is 0 Å². The van der Waals surface area contributed by atoms with Crippen molar-refractivity contribution in [2.24, 2.45) is 0 Å². The largest absolute Gasteiger partial charge is 0.492 e. The summed E-state index contributed by atoms with van der Waals surface area (Å²) >= 11 is 5.18. The Kier molecular flexibility index (Phi) is 7.66. The molecule has 2 rings (SSSR count). The first-order chi connectivity index (χ1) is 11.6. The number of halogens is 1. The molecule has 0 spiro atoms. The molecule has 0 atom stereocenters. The van der Waals surface area contributed by atoms with E-state index in [0.717, 1.165) is 28.6 Å². The maximum absolute atomic E-state index is 12.3. The summed E-state index contributed by atoms with van der Waals surface area (Å²) in [6.07, 6.45) is 4.16. The van der Waals surface area contributed by atoms with Crippen molar-refractivity contribution in [1.29, 1.82) is 0 Å². The van der Waals surface area contributed by atoms with Crippen molar-refractivity contribution in [1.82, 2.24) is 5.32 Å². The Balaban J connectivity index is 1.92. The van der Waals surface area contributed by atoms with E-state index in [2.05, 4.69) is 40.3 Å². The van der Waals surface area contributed by atoms with E-state index >= 15 is 0 Å². The first-order valence-electron chi connectivity index (χ1n) is 7.97. The zero-order valence-corrected chi connectivity index (χ0v) is 16.4. The SMILES string of the molecule is CCCCOc1ccc(C(=O)NCc2ccc(SC)cc2)cc1Br. The Hall–Kier alpha value is -1.46. The van der Waals surface area contributed by atoms with Gasteiger partial charge in [-0.1, -0.05) is 25.5 Å². The lowest BCUT2D eigenvalue weighted by atomic mass is 10.2. The van der Waals surface area contributed by atoms with Crippen LogP contribution in [0.2, 0.25) is 0 Å². The average Bonchev–Trinajstić information content (AvgIpc) is 2.61. The molecule has 24 heavy (non-hydrogen) atoms. The van der Waals surface area contributed by atoms with Crippen LogP contribution in [0.5, 0.6) is 5.75 Å². The van der Waals surface area contributed by atoms with Gasteiger partial charge in [0.1, 0.15) is 5.75 Å². The van der Waals surface area contributed by atoms with Crippen molar-refractivity contribution >= 4 is 33.6 Å². The average molecular weight is 408 g/mol. The van der Waals surface area contributed by atoms with Crippen molar-refractivity contribution in [3.05, 3.63) is 58.1 Å². The highest BCUT2D eigenvalue weighted by atomic mass is 79.9. The van der Waals surface area contributed by atoms with Crippen LogP contribution in [0.15, 0.2) is 51.8 Å². The van der Waals surface area contributed by atoms with Gasteiger partial charge in [0.15, 0.2) is 0 Å². The lowest BCUT2D eigenvalue weighted by molar-refractivity contribution is 0.0951. The van der Waals surface area contributed by atoms with Crippen LogP contribution in [0.4, 0.5) is 0 Å². The third-order valence-electron chi connectivity index (χ3n) is 3.56. The van der Waals surface area contributed by atoms with Crippen LogP contribution in [0.3, 0.4) is 0 Å². The number of rotatable bonds is 8. The molecule has 0 radical (unpaired) electrons. The molecule has 0 unspecified atom stereocenters. The predicted molar refractivity (Wildman–Crippen MR) is 104 cm³/mol. The molecule has 0 bridgehead atoms. The van der Waals surface area contributed by atoms with Gasteiger partial charge in [0.25, 0.3) is 5.91 Å². The number of hydrogen-bond donors (Lipinski definition) is 1. The number of unbranched alkanes of at least 4 members (excludes halogenated alkanes) is 1. The van der Waals surface area contributed by atoms with Crippen LogP contribution in [0.25, 0.3) is 0 Å². The van der Waals surface area contributed by atoms with E-state index in [1.54, 1.807) is 23.9 Å². The molecular formula is C19H22BrNO2S. The summed E-state index contributed by atoms with van der Waals surface area (Å²) in [6.45, 7) is 3.33. The molecule has 2 aromatic rings. The molecule has 2 aromatic carbocycles. The van der Waals surface area contributed by atoms with Gasteiger partial charge in [0.2, 0.25) is 0 Å². The molecule has 0 aliphatic carbocycles. The number of ether oxygens (including phenoxy) is 1. The zero-order valence-electron chi connectivity index (χ0n) is 14.0. The topological polar surface area (TPSA) is 38.3 Å². The molecule has 0 fully saturated rings. The summed E-state index contributed by atoms with van der Waals surface area (Å²) in [7, 11) is 0. The number of hydrogen-bond acceptors (Lipinski definition) is 3. The number of carbonyl (C=O) groups excluding carboxylic acids is 1. The standard InChI is InChI=1S/C19H22BrNO2S/c1-3-4-11-23-18-10-7-15(12-17(18)20)19(22)21-13-14-5-8-16(24-2)9-6-14/h5-10,12H,3-4,11,13H2,1-2H3,(H,21,22). The Bertz CT molecular complexity index is 674. The number of benzene rings is 2. The van der Waals surface area contributed by atoms with Crippen LogP contribution in [-0.4, -0.2) is 18.8 Å². The maximum Gasteiger partial charge on any atom is 0.251 e. The molecule has 0 aromatic heterocycles. The highest BCUT2D eigenvalue weighted by Gasteiger charge is 2.09. The minimum absolute atomic E-state index is 0.0928. The predicted octanol–water partition coefficient (Wildman–Crippen LogP) is 5.28. The fourth-order valence-corrected chi connectivity index (χ4v) is 3.01. The fraction of sp³-hybridized carbons (Fsp3) is 0.316. The van der Waals surface area contributed by atoms with Crippen LogP contribution >= 0.6 is 27.7 Å². The van der Waals surface area contributed by atoms with E-state index in [9.17, 15) is 4.79 Å². The molecule has 1 amide bonds. The van der Waals surface area contributed by atoms with E-state index in [4.69, 9.17) is 4.74 Å². The summed E-state index contributed by atoms with van der Waals surface area (Å²) in [5.74, 6) is 0.678. The molecule has 0 saturated heterocycles. The Morgan fingerprint density at radius 3 is 2.58 bits per heavy atom. The van der Waals surface area contributed by atoms with Crippen LogP contribution < -0.4 is 10.1 Å². The normalized spacial score (nSPS) is 10.5. The zero-order chi connectivity index (χ0) is 17.4. The number of amides is 1. The minimum atomic E-state index is -0.0928. The number of carbonyl (C=O) groups is 1. The molecule has 5 heteroatoms. The van der Waals surface area contributed by atoms with Gasteiger partial charge < -0.3 is 10.1 Å². The number of nitrogens with one attached hydrogen (secondary N) is 1. The smallest absolute Gasteiger partial charge is 0.251 e. The second-order valence-corrected chi connectivity index (χ2v) is 7.11. The summed E-state index contributed by atoms with van der Waals surface area (Å²) < 4.78 is 6.48. The summed E-state index contributed by atoms with van der Waals surface area (Å²) in [5.41, 5.74) is 1.70. The van der Waals surface area contributed by atoms with Crippen LogP contribution in [0.1, 0.15) is 35.7 Å². The lowest BCUT2D eigenvalue weighted by Gasteiger charge is -2.10.